The monoisotopic (exact) mass is 332 g/mol. The SMILES string of the molecule is CCC(NC(=O)C1CC1C(=O)Nc1ccc(C=NN)cc1)C(=O)O. The van der Waals surface area contributed by atoms with Gasteiger partial charge in [0.25, 0.3) is 0 Å². The molecule has 1 aromatic carbocycles. The molecule has 0 aromatic heterocycles. The molecule has 0 bridgehead atoms. The minimum atomic E-state index is -1.08. The Morgan fingerprint density at radius 2 is 1.92 bits per heavy atom. The first-order valence-corrected chi connectivity index (χ1v) is 7.63. The van der Waals surface area contributed by atoms with E-state index in [0.29, 0.717) is 18.5 Å². The number of carbonyl (C=O) groups is 3. The van der Waals surface area contributed by atoms with Crippen LogP contribution in [0.2, 0.25) is 0 Å². The van der Waals surface area contributed by atoms with E-state index in [1.54, 1.807) is 31.2 Å². The molecule has 1 aromatic rings. The number of hydrazone groups is 1. The number of anilines is 1. The van der Waals surface area contributed by atoms with Crippen LogP contribution < -0.4 is 16.5 Å². The molecule has 0 heterocycles. The van der Waals surface area contributed by atoms with Crippen molar-refractivity contribution in [1.82, 2.24) is 5.32 Å². The summed E-state index contributed by atoms with van der Waals surface area (Å²) in [6.07, 6.45) is 2.20. The van der Waals surface area contributed by atoms with E-state index < -0.39 is 23.8 Å². The van der Waals surface area contributed by atoms with Crippen LogP contribution in [0.25, 0.3) is 0 Å². The van der Waals surface area contributed by atoms with Crippen molar-refractivity contribution in [2.45, 2.75) is 25.8 Å². The van der Waals surface area contributed by atoms with Crippen LogP contribution >= 0.6 is 0 Å². The molecule has 2 amide bonds. The third-order valence-corrected chi connectivity index (χ3v) is 3.89. The Morgan fingerprint density at radius 3 is 2.46 bits per heavy atom. The molecule has 3 atom stereocenters. The molecule has 0 saturated heterocycles. The minimum Gasteiger partial charge on any atom is -0.480 e. The van der Waals surface area contributed by atoms with Crippen molar-refractivity contribution in [3.05, 3.63) is 29.8 Å². The van der Waals surface area contributed by atoms with Gasteiger partial charge < -0.3 is 21.6 Å². The molecule has 1 fully saturated rings. The first kappa shape index (κ1) is 17.5. The summed E-state index contributed by atoms with van der Waals surface area (Å²) in [5.74, 6) is 2.44. The van der Waals surface area contributed by atoms with Gasteiger partial charge in [0.05, 0.1) is 18.1 Å². The summed E-state index contributed by atoms with van der Waals surface area (Å²) in [5, 5.41) is 17.5. The molecule has 1 saturated carbocycles. The Labute approximate surface area is 139 Å². The molecule has 0 aliphatic heterocycles. The highest BCUT2D eigenvalue weighted by atomic mass is 16.4. The van der Waals surface area contributed by atoms with Crippen LogP contribution in [0, 0.1) is 11.8 Å². The second-order valence-electron chi connectivity index (χ2n) is 5.65. The van der Waals surface area contributed by atoms with Gasteiger partial charge in [-0.3, -0.25) is 9.59 Å². The Kier molecular flexibility index (Phi) is 5.51. The quantitative estimate of drug-likeness (QED) is 0.328. The summed E-state index contributed by atoms with van der Waals surface area (Å²) in [6.45, 7) is 1.68. The molecule has 8 heteroatoms. The number of nitrogens with one attached hydrogen (secondary N) is 2. The van der Waals surface area contributed by atoms with Gasteiger partial charge in [-0.2, -0.15) is 5.10 Å². The molecule has 3 unspecified atom stereocenters. The van der Waals surface area contributed by atoms with Crippen LogP contribution in [0.1, 0.15) is 25.3 Å². The number of nitrogens with zero attached hydrogens (tertiary/aromatic N) is 1. The van der Waals surface area contributed by atoms with Gasteiger partial charge in [0.15, 0.2) is 0 Å². The number of amides is 2. The average Bonchev–Trinajstić information content (AvgIpc) is 3.35. The standard InChI is InChI=1S/C16H20N4O4/c1-2-13(16(23)24)20-15(22)12-7-11(12)14(21)19-10-5-3-9(4-6-10)8-18-17/h3-6,8,11-13H,2,7,17H2,1H3,(H,19,21)(H,20,22)(H,23,24). The second kappa shape index (κ2) is 7.58. The Balaban J connectivity index is 1.86. The largest absolute Gasteiger partial charge is 0.480 e. The van der Waals surface area contributed by atoms with Gasteiger partial charge in [0.1, 0.15) is 6.04 Å². The van der Waals surface area contributed by atoms with Crippen molar-refractivity contribution in [3.8, 4) is 0 Å². The molecule has 5 N–H and O–H groups in total. The maximum atomic E-state index is 12.1. The van der Waals surface area contributed by atoms with Gasteiger partial charge in [-0.15, -0.1) is 0 Å². The lowest BCUT2D eigenvalue weighted by Gasteiger charge is -2.12. The third kappa shape index (κ3) is 4.31. The highest BCUT2D eigenvalue weighted by Crippen LogP contribution is 2.39. The molecular formula is C16H20N4O4. The van der Waals surface area contributed by atoms with E-state index in [0.717, 1.165) is 5.56 Å². The van der Waals surface area contributed by atoms with Crippen LogP contribution in [0.15, 0.2) is 29.4 Å². The van der Waals surface area contributed by atoms with Crippen LogP contribution in [-0.4, -0.2) is 35.1 Å². The zero-order valence-corrected chi connectivity index (χ0v) is 13.2. The maximum Gasteiger partial charge on any atom is 0.326 e. The molecule has 0 radical (unpaired) electrons. The van der Waals surface area contributed by atoms with Crippen LogP contribution in [0.5, 0.6) is 0 Å². The Bertz CT molecular complexity index is 657. The summed E-state index contributed by atoms with van der Waals surface area (Å²) in [7, 11) is 0. The van der Waals surface area contributed by atoms with E-state index in [9.17, 15) is 14.4 Å². The number of aliphatic carboxylic acids is 1. The molecule has 128 valence electrons. The summed E-state index contributed by atoms with van der Waals surface area (Å²) >= 11 is 0. The van der Waals surface area contributed by atoms with Crippen molar-refractivity contribution >= 4 is 29.7 Å². The van der Waals surface area contributed by atoms with Crippen LogP contribution in [0.3, 0.4) is 0 Å². The molecular weight excluding hydrogens is 312 g/mol. The number of hydrogen-bond acceptors (Lipinski definition) is 5. The molecule has 1 aliphatic carbocycles. The molecule has 8 nitrogen and oxygen atoms in total. The van der Waals surface area contributed by atoms with Gasteiger partial charge in [-0.05, 0) is 30.5 Å². The van der Waals surface area contributed by atoms with E-state index in [2.05, 4.69) is 15.7 Å². The molecule has 2 rings (SSSR count). The maximum absolute atomic E-state index is 12.1. The Hall–Kier alpha value is -2.90. The predicted octanol–water partition coefficient (Wildman–Crippen LogP) is 0.533. The van der Waals surface area contributed by atoms with E-state index >= 15 is 0 Å². The smallest absolute Gasteiger partial charge is 0.326 e. The molecule has 0 spiro atoms. The highest BCUT2D eigenvalue weighted by molar-refractivity contribution is 6.00. The predicted molar refractivity (Wildman–Crippen MR) is 88.3 cm³/mol. The topological polar surface area (TPSA) is 134 Å². The number of rotatable bonds is 7. The summed E-state index contributed by atoms with van der Waals surface area (Å²) in [4.78, 5) is 35.0. The van der Waals surface area contributed by atoms with E-state index in [4.69, 9.17) is 10.9 Å². The zero-order valence-electron chi connectivity index (χ0n) is 13.2. The van der Waals surface area contributed by atoms with Crippen molar-refractivity contribution in [3.63, 3.8) is 0 Å². The molecule has 1 aliphatic rings. The lowest BCUT2D eigenvalue weighted by Crippen LogP contribution is -2.41. The van der Waals surface area contributed by atoms with E-state index in [1.165, 1.54) is 6.21 Å². The first-order chi connectivity index (χ1) is 11.5. The van der Waals surface area contributed by atoms with Crippen LogP contribution in [-0.2, 0) is 14.4 Å². The third-order valence-electron chi connectivity index (χ3n) is 3.89. The van der Waals surface area contributed by atoms with Gasteiger partial charge in [-0.25, -0.2) is 4.79 Å². The number of carboxylic acids is 1. The van der Waals surface area contributed by atoms with Gasteiger partial charge in [-0.1, -0.05) is 19.1 Å². The van der Waals surface area contributed by atoms with Crippen molar-refractivity contribution in [1.29, 1.82) is 0 Å². The highest BCUT2D eigenvalue weighted by Gasteiger charge is 2.48. The fraction of sp³-hybridized carbons (Fsp3) is 0.375. The number of hydrogen-bond donors (Lipinski definition) is 4. The van der Waals surface area contributed by atoms with Crippen molar-refractivity contribution in [2.75, 3.05) is 5.32 Å². The lowest BCUT2D eigenvalue weighted by atomic mass is 10.2. The second-order valence-corrected chi connectivity index (χ2v) is 5.65. The van der Waals surface area contributed by atoms with Gasteiger partial charge in [0, 0.05) is 5.69 Å². The number of carboxylic acid groups (broad SMARTS) is 1. The van der Waals surface area contributed by atoms with Gasteiger partial charge in [0.2, 0.25) is 11.8 Å². The Morgan fingerprint density at radius 1 is 1.29 bits per heavy atom. The summed E-state index contributed by atoms with van der Waals surface area (Å²) in [6, 6.07) is 6.01. The summed E-state index contributed by atoms with van der Waals surface area (Å²) < 4.78 is 0. The van der Waals surface area contributed by atoms with Crippen LogP contribution in [0.4, 0.5) is 5.69 Å². The normalized spacial score (nSPS) is 20.4. The zero-order chi connectivity index (χ0) is 17.7. The fourth-order valence-corrected chi connectivity index (χ4v) is 2.37. The number of nitrogens with two attached hydrogens (primary N) is 1. The fourth-order valence-electron chi connectivity index (χ4n) is 2.37. The van der Waals surface area contributed by atoms with E-state index in [1.807, 2.05) is 0 Å². The van der Waals surface area contributed by atoms with Gasteiger partial charge >= 0.3 is 5.97 Å². The minimum absolute atomic E-state index is 0.251. The first-order valence-electron chi connectivity index (χ1n) is 7.63. The molecule has 24 heavy (non-hydrogen) atoms. The van der Waals surface area contributed by atoms with Crippen molar-refractivity contribution < 1.29 is 19.5 Å². The number of benzene rings is 1. The lowest BCUT2D eigenvalue weighted by molar-refractivity contribution is -0.142. The summed E-state index contributed by atoms with van der Waals surface area (Å²) in [5.41, 5.74) is 1.41. The van der Waals surface area contributed by atoms with E-state index in [-0.39, 0.29) is 11.8 Å². The van der Waals surface area contributed by atoms with Crippen molar-refractivity contribution in [2.24, 2.45) is 22.8 Å². The number of carbonyl (C=O) groups excluding carboxylic acids is 2. The average molecular weight is 332 g/mol.